The number of carbonyl (C=O) groups is 1. The number of likely N-dealkylation sites (N-methyl/N-ethyl adjacent to an activating group) is 1. The van der Waals surface area contributed by atoms with Gasteiger partial charge in [0.2, 0.25) is 5.91 Å². The Bertz CT molecular complexity index is 885. The summed E-state index contributed by atoms with van der Waals surface area (Å²) in [5.74, 6) is -1.11. The molecule has 0 aliphatic carbocycles. The molecule has 1 saturated heterocycles. The van der Waals surface area contributed by atoms with Crippen molar-refractivity contribution in [3.8, 4) is 0 Å². The number of anilines is 2. The van der Waals surface area contributed by atoms with E-state index >= 15 is 0 Å². The van der Waals surface area contributed by atoms with Crippen LogP contribution in [-0.4, -0.2) is 58.2 Å². The zero-order valence-electron chi connectivity index (χ0n) is 15.7. The first kappa shape index (κ1) is 19.4. The van der Waals surface area contributed by atoms with Crippen molar-refractivity contribution in [2.75, 3.05) is 49.2 Å². The van der Waals surface area contributed by atoms with Gasteiger partial charge >= 0.3 is 0 Å². The van der Waals surface area contributed by atoms with Crippen LogP contribution in [0, 0.1) is 6.92 Å². The number of carbonyl (C=O) groups excluding carboxylic acids is 1. The molecule has 6 nitrogen and oxygen atoms in total. The van der Waals surface area contributed by atoms with Crippen molar-refractivity contribution in [2.45, 2.75) is 11.8 Å². The first-order valence-corrected chi connectivity index (χ1v) is 10.6. The van der Waals surface area contributed by atoms with Gasteiger partial charge in [0, 0.05) is 37.6 Å². The second kappa shape index (κ2) is 8.10. The van der Waals surface area contributed by atoms with E-state index in [1.165, 1.54) is 12.1 Å². The number of benzene rings is 2. The van der Waals surface area contributed by atoms with Crippen molar-refractivity contribution in [2.24, 2.45) is 0 Å². The standard InChI is InChI=1S/C20H25N3O3S/c1-16-3-9-19(10-4-16)27(25,26)15-20(24)21-17-5-7-18(8-6-17)23-13-11-22(2)12-14-23/h3-10H,11-15H2,1-2H3,(H,21,24). The maximum absolute atomic E-state index is 12.4. The molecule has 1 aliphatic heterocycles. The molecule has 1 aliphatic rings. The molecule has 0 bridgehead atoms. The number of sulfone groups is 1. The van der Waals surface area contributed by atoms with Crippen LogP contribution in [0.5, 0.6) is 0 Å². The highest BCUT2D eigenvalue weighted by atomic mass is 32.2. The zero-order chi connectivity index (χ0) is 19.4. The lowest BCUT2D eigenvalue weighted by molar-refractivity contribution is -0.113. The Morgan fingerprint density at radius 1 is 0.963 bits per heavy atom. The number of nitrogens with one attached hydrogen (secondary N) is 1. The van der Waals surface area contributed by atoms with Crippen LogP contribution in [0.3, 0.4) is 0 Å². The first-order valence-electron chi connectivity index (χ1n) is 8.96. The average Bonchev–Trinajstić information content (AvgIpc) is 2.63. The second-order valence-corrected chi connectivity index (χ2v) is 8.95. The molecule has 0 spiro atoms. The van der Waals surface area contributed by atoms with Gasteiger partial charge < -0.3 is 15.1 Å². The van der Waals surface area contributed by atoms with Crippen LogP contribution in [-0.2, 0) is 14.6 Å². The van der Waals surface area contributed by atoms with E-state index in [4.69, 9.17) is 0 Å². The fourth-order valence-electron chi connectivity index (χ4n) is 3.02. The molecule has 7 heteroatoms. The van der Waals surface area contributed by atoms with Crippen molar-refractivity contribution in [1.82, 2.24) is 4.90 Å². The Morgan fingerprint density at radius 3 is 2.15 bits per heavy atom. The molecule has 2 aromatic carbocycles. The zero-order valence-corrected chi connectivity index (χ0v) is 16.5. The van der Waals surface area contributed by atoms with Crippen LogP contribution in [0.15, 0.2) is 53.4 Å². The molecule has 3 rings (SSSR count). The van der Waals surface area contributed by atoms with Crippen LogP contribution in [0.4, 0.5) is 11.4 Å². The number of nitrogens with zero attached hydrogens (tertiary/aromatic N) is 2. The molecule has 0 saturated carbocycles. The maximum atomic E-state index is 12.4. The third-order valence-electron chi connectivity index (χ3n) is 4.72. The summed E-state index contributed by atoms with van der Waals surface area (Å²) >= 11 is 0. The summed E-state index contributed by atoms with van der Waals surface area (Å²) in [7, 11) is -1.54. The van der Waals surface area contributed by atoms with Gasteiger partial charge in [-0.1, -0.05) is 17.7 Å². The van der Waals surface area contributed by atoms with E-state index in [1.807, 2.05) is 31.2 Å². The first-order chi connectivity index (χ1) is 12.8. The summed E-state index contributed by atoms with van der Waals surface area (Å²) in [6, 6.07) is 14.0. The molecule has 1 amide bonds. The Kier molecular flexibility index (Phi) is 5.82. The highest BCUT2D eigenvalue weighted by Crippen LogP contribution is 2.20. The van der Waals surface area contributed by atoms with Crippen molar-refractivity contribution in [1.29, 1.82) is 0 Å². The summed E-state index contributed by atoms with van der Waals surface area (Å²) in [5.41, 5.74) is 2.67. The van der Waals surface area contributed by atoms with Crippen LogP contribution in [0.2, 0.25) is 0 Å². The van der Waals surface area contributed by atoms with Crippen LogP contribution in [0.25, 0.3) is 0 Å². The molecule has 27 heavy (non-hydrogen) atoms. The average molecular weight is 388 g/mol. The van der Waals surface area contributed by atoms with E-state index in [1.54, 1.807) is 12.1 Å². The lowest BCUT2D eigenvalue weighted by Gasteiger charge is -2.34. The molecule has 1 N–H and O–H groups in total. The van der Waals surface area contributed by atoms with Gasteiger partial charge in [-0.3, -0.25) is 4.79 Å². The molecule has 0 atom stereocenters. The quantitative estimate of drug-likeness (QED) is 0.851. The summed E-state index contributed by atoms with van der Waals surface area (Å²) in [4.78, 5) is 16.9. The molecular weight excluding hydrogens is 362 g/mol. The van der Waals surface area contributed by atoms with Crippen molar-refractivity contribution < 1.29 is 13.2 Å². The van der Waals surface area contributed by atoms with Gasteiger partial charge in [-0.15, -0.1) is 0 Å². The Morgan fingerprint density at radius 2 is 1.56 bits per heavy atom. The number of piperazine rings is 1. The monoisotopic (exact) mass is 387 g/mol. The number of hydrogen-bond donors (Lipinski definition) is 1. The van der Waals surface area contributed by atoms with E-state index < -0.39 is 21.5 Å². The van der Waals surface area contributed by atoms with E-state index in [2.05, 4.69) is 22.2 Å². The van der Waals surface area contributed by atoms with E-state index in [0.29, 0.717) is 5.69 Å². The van der Waals surface area contributed by atoms with Gasteiger partial charge in [0.1, 0.15) is 5.75 Å². The third kappa shape index (κ3) is 5.08. The molecule has 2 aromatic rings. The molecule has 0 radical (unpaired) electrons. The fraction of sp³-hybridized carbons (Fsp3) is 0.350. The summed E-state index contributed by atoms with van der Waals surface area (Å²) in [6.45, 7) is 5.87. The van der Waals surface area contributed by atoms with Gasteiger partial charge in [-0.25, -0.2) is 8.42 Å². The molecule has 1 fully saturated rings. The number of hydrogen-bond acceptors (Lipinski definition) is 5. The largest absolute Gasteiger partial charge is 0.369 e. The third-order valence-corrected chi connectivity index (χ3v) is 6.35. The Balaban J connectivity index is 1.60. The second-order valence-electron chi connectivity index (χ2n) is 6.96. The van der Waals surface area contributed by atoms with Gasteiger partial charge in [-0.05, 0) is 50.4 Å². The van der Waals surface area contributed by atoms with Gasteiger partial charge in [0.25, 0.3) is 0 Å². The van der Waals surface area contributed by atoms with Crippen molar-refractivity contribution in [3.05, 3.63) is 54.1 Å². The van der Waals surface area contributed by atoms with Gasteiger partial charge in [0.05, 0.1) is 4.90 Å². The minimum atomic E-state index is -3.65. The lowest BCUT2D eigenvalue weighted by Crippen LogP contribution is -2.44. The smallest absolute Gasteiger partial charge is 0.239 e. The predicted octanol–water partition coefficient (Wildman–Crippen LogP) is 2.16. The van der Waals surface area contributed by atoms with Crippen LogP contribution in [0.1, 0.15) is 5.56 Å². The van der Waals surface area contributed by atoms with Crippen molar-refractivity contribution in [3.63, 3.8) is 0 Å². The van der Waals surface area contributed by atoms with E-state index in [9.17, 15) is 13.2 Å². The number of amides is 1. The van der Waals surface area contributed by atoms with E-state index in [0.717, 1.165) is 37.4 Å². The summed E-state index contributed by atoms with van der Waals surface area (Å²) in [6.07, 6.45) is 0. The topological polar surface area (TPSA) is 69.7 Å². The van der Waals surface area contributed by atoms with Crippen LogP contribution >= 0.6 is 0 Å². The summed E-state index contributed by atoms with van der Waals surface area (Å²) < 4.78 is 24.7. The highest BCUT2D eigenvalue weighted by Gasteiger charge is 2.19. The number of rotatable bonds is 5. The SMILES string of the molecule is Cc1ccc(S(=O)(=O)CC(=O)Nc2ccc(N3CCN(C)CC3)cc2)cc1. The van der Waals surface area contributed by atoms with E-state index in [-0.39, 0.29) is 4.90 Å². The van der Waals surface area contributed by atoms with Gasteiger partial charge in [-0.2, -0.15) is 0 Å². The predicted molar refractivity (Wildman–Crippen MR) is 108 cm³/mol. The lowest BCUT2D eigenvalue weighted by atomic mass is 10.2. The van der Waals surface area contributed by atoms with Crippen LogP contribution < -0.4 is 10.2 Å². The van der Waals surface area contributed by atoms with Crippen molar-refractivity contribution >= 4 is 27.1 Å². The fourth-order valence-corrected chi connectivity index (χ4v) is 4.15. The highest BCUT2D eigenvalue weighted by molar-refractivity contribution is 7.92. The Hall–Kier alpha value is -2.38. The molecule has 0 aromatic heterocycles. The minimum absolute atomic E-state index is 0.161. The summed E-state index contributed by atoms with van der Waals surface area (Å²) in [5, 5.41) is 2.67. The molecule has 1 heterocycles. The molecule has 144 valence electrons. The molecule has 0 unspecified atom stereocenters. The Labute approximate surface area is 160 Å². The minimum Gasteiger partial charge on any atom is -0.369 e. The maximum Gasteiger partial charge on any atom is 0.239 e. The normalized spacial score (nSPS) is 15.6. The van der Waals surface area contributed by atoms with Gasteiger partial charge in [0.15, 0.2) is 9.84 Å². The number of aryl methyl sites for hydroxylation is 1. The molecular formula is C20H25N3O3S.